The molecule has 0 amide bonds. The van der Waals surface area contributed by atoms with Crippen LogP contribution in [0.25, 0.3) is 0 Å². The third kappa shape index (κ3) is 5.94. The molecule has 0 aliphatic carbocycles. The summed E-state index contributed by atoms with van der Waals surface area (Å²) in [5.74, 6) is 1.39. The van der Waals surface area contributed by atoms with Gasteiger partial charge in [0.1, 0.15) is 0 Å². The van der Waals surface area contributed by atoms with Crippen molar-refractivity contribution in [1.82, 2.24) is 0 Å². The Morgan fingerprint density at radius 3 is 2.71 bits per heavy atom. The lowest BCUT2D eigenvalue weighted by atomic mass is 10.00. The van der Waals surface area contributed by atoms with E-state index in [1.807, 2.05) is 18.2 Å². The number of hydrogen-bond acceptors (Lipinski definition) is 2. The molecule has 0 aromatic heterocycles. The summed E-state index contributed by atoms with van der Waals surface area (Å²) >= 11 is 5.24. The van der Waals surface area contributed by atoms with Crippen molar-refractivity contribution in [3.63, 3.8) is 0 Å². The van der Waals surface area contributed by atoms with Crippen LogP contribution >= 0.6 is 27.7 Å². The molecule has 2 atom stereocenters. The van der Waals surface area contributed by atoms with Crippen molar-refractivity contribution < 1.29 is 5.11 Å². The van der Waals surface area contributed by atoms with E-state index in [4.69, 9.17) is 0 Å². The lowest BCUT2D eigenvalue weighted by Gasteiger charge is -2.15. The SMILES string of the molecule is CCCC(C)CC(O)CSc1ccccc1Br. The molecular formula is C14H21BrOS. The van der Waals surface area contributed by atoms with Crippen LogP contribution in [-0.2, 0) is 0 Å². The molecular weight excluding hydrogens is 296 g/mol. The lowest BCUT2D eigenvalue weighted by Crippen LogP contribution is -2.14. The summed E-state index contributed by atoms with van der Waals surface area (Å²) in [6, 6.07) is 8.15. The van der Waals surface area contributed by atoms with Gasteiger partial charge in [0.25, 0.3) is 0 Å². The summed E-state index contributed by atoms with van der Waals surface area (Å²) in [6.45, 7) is 4.41. The van der Waals surface area contributed by atoms with Crippen molar-refractivity contribution in [3.8, 4) is 0 Å². The fraction of sp³-hybridized carbons (Fsp3) is 0.571. The van der Waals surface area contributed by atoms with Crippen molar-refractivity contribution in [1.29, 1.82) is 0 Å². The largest absolute Gasteiger partial charge is 0.392 e. The minimum absolute atomic E-state index is 0.200. The minimum atomic E-state index is -0.200. The monoisotopic (exact) mass is 316 g/mol. The van der Waals surface area contributed by atoms with Crippen molar-refractivity contribution in [2.24, 2.45) is 5.92 Å². The Kier molecular flexibility index (Phi) is 7.24. The zero-order valence-corrected chi connectivity index (χ0v) is 12.9. The second kappa shape index (κ2) is 8.17. The number of hydrogen-bond donors (Lipinski definition) is 1. The molecule has 1 aromatic rings. The van der Waals surface area contributed by atoms with Crippen molar-refractivity contribution in [2.75, 3.05) is 5.75 Å². The van der Waals surface area contributed by atoms with E-state index < -0.39 is 0 Å². The van der Waals surface area contributed by atoms with Gasteiger partial charge >= 0.3 is 0 Å². The van der Waals surface area contributed by atoms with Crippen LogP contribution in [0.1, 0.15) is 33.1 Å². The van der Waals surface area contributed by atoms with Gasteiger partial charge < -0.3 is 5.11 Å². The highest BCUT2D eigenvalue weighted by atomic mass is 79.9. The zero-order chi connectivity index (χ0) is 12.7. The highest BCUT2D eigenvalue weighted by molar-refractivity contribution is 9.10. The van der Waals surface area contributed by atoms with Crippen LogP contribution in [0.15, 0.2) is 33.6 Å². The molecule has 0 radical (unpaired) electrons. The van der Waals surface area contributed by atoms with Crippen LogP contribution in [0.5, 0.6) is 0 Å². The molecule has 1 aromatic carbocycles. The predicted molar refractivity (Wildman–Crippen MR) is 79.6 cm³/mol. The molecule has 0 aliphatic heterocycles. The number of halogens is 1. The van der Waals surface area contributed by atoms with E-state index in [1.54, 1.807) is 11.8 Å². The van der Waals surface area contributed by atoms with Crippen LogP contribution in [-0.4, -0.2) is 17.0 Å². The molecule has 0 saturated heterocycles. The molecule has 3 heteroatoms. The van der Waals surface area contributed by atoms with E-state index in [-0.39, 0.29) is 6.10 Å². The Balaban J connectivity index is 2.33. The molecule has 0 heterocycles. The van der Waals surface area contributed by atoms with Crippen LogP contribution in [0, 0.1) is 5.92 Å². The second-order valence-corrected chi connectivity index (χ2v) is 6.44. The molecule has 1 nitrogen and oxygen atoms in total. The van der Waals surface area contributed by atoms with Crippen LogP contribution < -0.4 is 0 Å². The van der Waals surface area contributed by atoms with Gasteiger partial charge in [-0.25, -0.2) is 0 Å². The lowest BCUT2D eigenvalue weighted by molar-refractivity contribution is 0.166. The maximum Gasteiger partial charge on any atom is 0.0636 e. The van der Waals surface area contributed by atoms with Gasteiger partial charge in [0, 0.05) is 15.1 Å². The summed E-state index contributed by atoms with van der Waals surface area (Å²) in [7, 11) is 0. The first-order valence-electron chi connectivity index (χ1n) is 6.18. The molecule has 0 fully saturated rings. The molecule has 17 heavy (non-hydrogen) atoms. The van der Waals surface area contributed by atoms with Crippen LogP contribution in [0.3, 0.4) is 0 Å². The molecule has 0 aliphatic rings. The van der Waals surface area contributed by atoms with E-state index in [0.29, 0.717) is 5.92 Å². The van der Waals surface area contributed by atoms with Crippen molar-refractivity contribution in [3.05, 3.63) is 28.7 Å². The Hall–Kier alpha value is 0.01000. The van der Waals surface area contributed by atoms with Gasteiger partial charge in [-0.2, -0.15) is 0 Å². The number of rotatable bonds is 7. The Labute approximate surface area is 117 Å². The highest BCUT2D eigenvalue weighted by Gasteiger charge is 2.11. The number of benzene rings is 1. The summed E-state index contributed by atoms with van der Waals surface area (Å²) in [5, 5.41) is 9.96. The van der Waals surface area contributed by atoms with Gasteiger partial charge in [0.05, 0.1) is 6.10 Å². The number of thioether (sulfide) groups is 1. The summed E-state index contributed by atoms with van der Waals surface area (Å²) in [6.07, 6.45) is 3.11. The fourth-order valence-corrected chi connectivity index (χ4v) is 3.41. The van der Waals surface area contributed by atoms with Gasteiger partial charge in [-0.1, -0.05) is 38.8 Å². The Morgan fingerprint density at radius 2 is 2.06 bits per heavy atom. The quantitative estimate of drug-likeness (QED) is 0.734. The predicted octanol–water partition coefficient (Wildman–Crippen LogP) is 4.73. The average Bonchev–Trinajstić information content (AvgIpc) is 2.28. The Morgan fingerprint density at radius 1 is 1.35 bits per heavy atom. The smallest absolute Gasteiger partial charge is 0.0636 e. The van der Waals surface area contributed by atoms with Gasteiger partial charge in [-0.05, 0) is 40.4 Å². The van der Waals surface area contributed by atoms with Gasteiger partial charge in [-0.3, -0.25) is 0 Å². The maximum atomic E-state index is 9.96. The number of aliphatic hydroxyl groups excluding tert-OH is 1. The van der Waals surface area contributed by atoms with Crippen molar-refractivity contribution >= 4 is 27.7 Å². The normalized spacial score (nSPS) is 14.6. The first-order chi connectivity index (χ1) is 8.13. The topological polar surface area (TPSA) is 20.2 Å². The van der Waals surface area contributed by atoms with E-state index in [1.165, 1.54) is 17.7 Å². The first kappa shape index (κ1) is 15.1. The molecule has 1 N–H and O–H groups in total. The molecule has 0 bridgehead atoms. The van der Waals surface area contributed by atoms with Gasteiger partial charge in [-0.15, -0.1) is 11.8 Å². The minimum Gasteiger partial charge on any atom is -0.392 e. The third-order valence-electron chi connectivity index (χ3n) is 2.72. The molecule has 2 unspecified atom stereocenters. The summed E-state index contributed by atoms with van der Waals surface area (Å²) in [5.41, 5.74) is 0. The Bertz CT molecular complexity index is 330. The van der Waals surface area contributed by atoms with E-state index in [2.05, 4.69) is 35.8 Å². The van der Waals surface area contributed by atoms with E-state index in [0.717, 1.165) is 16.6 Å². The first-order valence-corrected chi connectivity index (χ1v) is 7.96. The average molecular weight is 317 g/mol. The van der Waals surface area contributed by atoms with Crippen LogP contribution in [0.4, 0.5) is 0 Å². The standard InChI is InChI=1S/C14H21BrOS/c1-3-6-11(2)9-12(16)10-17-14-8-5-4-7-13(14)15/h4-5,7-8,11-12,16H,3,6,9-10H2,1-2H3. The van der Waals surface area contributed by atoms with E-state index >= 15 is 0 Å². The maximum absolute atomic E-state index is 9.96. The summed E-state index contributed by atoms with van der Waals surface area (Å²) < 4.78 is 1.11. The van der Waals surface area contributed by atoms with Gasteiger partial charge in [0.15, 0.2) is 0 Å². The van der Waals surface area contributed by atoms with Gasteiger partial charge in [0.2, 0.25) is 0 Å². The number of aliphatic hydroxyl groups is 1. The highest BCUT2D eigenvalue weighted by Crippen LogP contribution is 2.28. The molecule has 1 rings (SSSR count). The second-order valence-electron chi connectivity index (χ2n) is 4.52. The molecule has 0 spiro atoms. The van der Waals surface area contributed by atoms with Crippen LogP contribution in [0.2, 0.25) is 0 Å². The fourth-order valence-electron chi connectivity index (χ4n) is 1.89. The zero-order valence-electron chi connectivity index (χ0n) is 10.5. The molecule has 0 saturated carbocycles. The van der Waals surface area contributed by atoms with E-state index in [9.17, 15) is 5.11 Å². The summed E-state index contributed by atoms with van der Waals surface area (Å²) in [4.78, 5) is 1.20. The van der Waals surface area contributed by atoms with Crippen molar-refractivity contribution in [2.45, 2.75) is 44.1 Å². The third-order valence-corrected chi connectivity index (χ3v) is 4.90. The molecule has 96 valence electrons.